The molecular formula is C21H28N2O4S. The number of thioether (sulfide) groups is 1. The van der Waals surface area contributed by atoms with E-state index in [1.54, 1.807) is 36.9 Å². The number of carbonyl (C=O) groups excluding carboxylic acids is 3. The molecule has 2 aliphatic rings. The van der Waals surface area contributed by atoms with Crippen LogP contribution in [0.2, 0.25) is 0 Å². The van der Waals surface area contributed by atoms with E-state index in [0.717, 1.165) is 17.7 Å². The highest BCUT2D eigenvalue weighted by atomic mass is 32.2. The van der Waals surface area contributed by atoms with Gasteiger partial charge in [0.15, 0.2) is 6.10 Å². The molecule has 0 aromatic heterocycles. The van der Waals surface area contributed by atoms with E-state index in [0.29, 0.717) is 35.3 Å². The highest BCUT2D eigenvalue weighted by Crippen LogP contribution is 2.32. The quantitative estimate of drug-likeness (QED) is 0.749. The number of fused-ring (bicyclic) bond motifs is 1. The van der Waals surface area contributed by atoms with Crippen LogP contribution >= 0.6 is 11.8 Å². The van der Waals surface area contributed by atoms with Gasteiger partial charge >= 0.3 is 5.97 Å². The Morgan fingerprint density at radius 2 is 2.07 bits per heavy atom. The van der Waals surface area contributed by atoms with Crippen LogP contribution in [-0.4, -0.2) is 35.7 Å². The maximum Gasteiger partial charge on any atom is 0.338 e. The predicted octanol–water partition coefficient (Wildman–Crippen LogP) is 3.61. The first-order valence-electron chi connectivity index (χ1n) is 9.93. The number of benzene rings is 1. The molecule has 1 aromatic rings. The molecule has 1 saturated carbocycles. The molecule has 7 heteroatoms. The van der Waals surface area contributed by atoms with Crippen LogP contribution in [0, 0.1) is 11.8 Å². The Morgan fingerprint density at radius 1 is 1.29 bits per heavy atom. The van der Waals surface area contributed by atoms with Crippen molar-refractivity contribution in [2.45, 2.75) is 63.5 Å². The summed E-state index contributed by atoms with van der Waals surface area (Å²) in [5.41, 5.74) is 0.935. The van der Waals surface area contributed by atoms with E-state index >= 15 is 0 Å². The number of hydrogen-bond acceptors (Lipinski definition) is 5. The van der Waals surface area contributed by atoms with Crippen LogP contribution in [0.5, 0.6) is 0 Å². The Kier molecular flexibility index (Phi) is 6.65. The normalized spacial score (nSPS) is 25.7. The molecule has 1 aliphatic carbocycles. The van der Waals surface area contributed by atoms with Crippen molar-refractivity contribution in [3.8, 4) is 0 Å². The lowest BCUT2D eigenvalue weighted by Gasteiger charge is -2.35. The fourth-order valence-electron chi connectivity index (χ4n) is 3.71. The molecule has 1 heterocycles. The van der Waals surface area contributed by atoms with Crippen LogP contribution in [-0.2, 0) is 14.3 Å². The van der Waals surface area contributed by atoms with Gasteiger partial charge in [0.2, 0.25) is 5.91 Å². The summed E-state index contributed by atoms with van der Waals surface area (Å²) in [5.74, 6) is 0.783. The van der Waals surface area contributed by atoms with Crippen LogP contribution < -0.4 is 10.6 Å². The number of esters is 1. The van der Waals surface area contributed by atoms with Crippen molar-refractivity contribution >= 4 is 35.2 Å². The highest BCUT2D eigenvalue weighted by Gasteiger charge is 2.30. The maximum atomic E-state index is 12.5. The minimum atomic E-state index is -0.875. The minimum absolute atomic E-state index is 0.0691. The highest BCUT2D eigenvalue weighted by molar-refractivity contribution is 7.99. The van der Waals surface area contributed by atoms with E-state index in [4.69, 9.17) is 4.74 Å². The molecular weight excluding hydrogens is 376 g/mol. The molecule has 2 N–H and O–H groups in total. The van der Waals surface area contributed by atoms with Gasteiger partial charge in [-0.05, 0) is 43.4 Å². The van der Waals surface area contributed by atoms with E-state index in [1.165, 1.54) is 6.42 Å². The van der Waals surface area contributed by atoms with E-state index in [1.807, 2.05) is 0 Å². The molecule has 1 fully saturated rings. The zero-order valence-corrected chi connectivity index (χ0v) is 17.4. The molecule has 4 atom stereocenters. The van der Waals surface area contributed by atoms with Gasteiger partial charge in [0, 0.05) is 23.1 Å². The van der Waals surface area contributed by atoms with E-state index < -0.39 is 12.1 Å². The van der Waals surface area contributed by atoms with Gasteiger partial charge < -0.3 is 15.4 Å². The van der Waals surface area contributed by atoms with Crippen molar-refractivity contribution in [3.05, 3.63) is 23.8 Å². The first-order chi connectivity index (χ1) is 13.3. The summed E-state index contributed by atoms with van der Waals surface area (Å²) in [6.07, 6.45) is 2.81. The summed E-state index contributed by atoms with van der Waals surface area (Å²) >= 11 is 1.57. The fourth-order valence-corrected chi connectivity index (χ4v) is 4.65. The van der Waals surface area contributed by atoms with Crippen molar-refractivity contribution in [1.29, 1.82) is 0 Å². The van der Waals surface area contributed by atoms with Crippen molar-refractivity contribution in [1.82, 2.24) is 5.32 Å². The van der Waals surface area contributed by atoms with E-state index in [2.05, 4.69) is 24.5 Å². The van der Waals surface area contributed by atoms with Gasteiger partial charge in [-0.25, -0.2) is 4.79 Å². The van der Waals surface area contributed by atoms with Gasteiger partial charge in [0.05, 0.1) is 11.3 Å². The van der Waals surface area contributed by atoms with Crippen molar-refractivity contribution < 1.29 is 19.1 Å². The minimum Gasteiger partial charge on any atom is -0.449 e. The van der Waals surface area contributed by atoms with Gasteiger partial charge in [0.25, 0.3) is 5.91 Å². The van der Waals surface area contributed by atoms with Gasteiger partial charge in [-0.3, -0.25) is 9.59 Å². The van der Waals surface area contributed by atoms with Crippen LogP contribution in [0.3, 0.4) is 0 Å². The van der Waals surface area contributed by atoms with Crippen LogP contribution in [0.25, 0.3) is 0 Å². The second kappa shape index (κ2) is 8.99. The van der Waals surface area contributed by atoms with Crippen molar-refractivity contribution in [3.63, 3.8) is 0 Å². The van der Waals surface area contributed by atoms with Gasteiger partial charge in [-0.15, -0.1) is 11.8 Å². The third-order valence-electron chi connectivity index (χ3n) is 5.76. The molecule has 0 radical (unpaired) electrons. The first kappa shape index (κ1) is 20.7. The van der Waals surface area contributed by atoms with Crippen LogP contribution in [0.4, 0.5) is 5.69 Å². The molecule has 28 heavy (non-hydrogen) atoms. The first-order valence-corrected chi connectivity index (χ1v) is 10.9. The number of carbonyl (C=O) groups is 3. The molecule has 3 rings (SSSR count). The Balaban J connectivity index is 1.61. The molecule has 0 bridgehead atoms. The second-order valence-corrected chi connectivity index (χ2v) is 8.92. The number of amides is 2. The molecule has 0 unspecified atom stereocenters. The van der Waals surface area contributed by atoms with Crippen LogP contribution in [0.1, 0.15) is 56.8 Å². The number of ether oxygens (including phenoxy) is 1. The Labute approximate surface area is 170 Å². The van der Waals surface area contributed by atoms with Gasteiger partial charge in [-0.1, -0.05) is 26.7 Å². The molecule has 6 nitrogen and oxygen atoms in total. The van der Waals surface area contributed by atoms with Crippen molar-refractivity contribution in [2.75, 3.05) is 11.1 Å². The summed E-state index contributed by atoms with van der Waals surface area (Å²) in [4.78, 5) is 37.7. The largest absolute Gasteiger partial charge is 0.449 e. The summed E-state index contributed by atoms with van der Waals surface area (Å²) in [5, 5.41) is 5.85. The molecule has 0 saturated heterocycles. The molecule has 2 amide bonds. The standard InChI is InChI=1S/C21H28N2O4S/c1-12-5-4-6-16(13(12)2)23-20(25)14(3)27-21(26)15-7-8-18-17(11-15)22-19(24)9-10-28-18/h7-8,11-14,16H,4-6,9-10H2,1-3H3,(H,22,24)(H,23,25)/t12-,13-,14-,16-/m1/s1. The lowest BCUT2D eigenvalue weighted by Crippen LogP contribution is -2.47. The number of anilines is 1. The Bertz CT molecular complexity index is 767. The summed E-state index contributed by atoms with van der Waals surface area (Å²) in [6.45, 7) is 5.96. The summed E-state index contributed by atoms with van der Waals surface area (Å²) < 4.78 is 5.38. The zero-order valence-electron chi connectivity index (χ0n) is 16.6. The molecule has 1 aromatic carbocycles. The predicted molar refractivity (Wildman–Crippen MR) is 109 cm³/mol. The molecule has 0 spiro atoms. The lowest BCUT2D eigenvalue weighted by atomic mass is 9.78. The topological polar surface area (TPSA) is 84.5 Å². The zero-order chi connectivity index (χ0) is 20.3. The summed E-state index contributed by atoms with van der Waals surface area (Å²) in [7, 11) is 0. The monoisotopic (exact) mass is 404 g/mol. The van der Waals surface area contributed by atoms with Gasteiger partial charge in [-0.2, -0.15) is 0 Å². The van der Waals surface area contributed by atoms with Crippen LogP contribution in [0.15, 0.2) is 23.1 Å². The SMILES string of the molecule is C[C@@H]1[C@H](C)CCC[C@H]1NC(=O)[C@@H](C)OC(=O)c1ccc2c(c1)NC(=O)CCS2. The Hall–Kier alpha value is -2.02. The third-order valence-corrected chi connectivity index (χ3v) is 6.84. The van der Waals surface area contributed by atoms with E-state index in [9.17, 15) is 14.4 Å². The average Bonchev–Trinajstić information content (AvgIpc) is 2.85. The second-order valence-electron chi connectivity index (χ2n) is 7.79. The Morgan fingerprint density at radius 3 is 2.86 bits per heavy atom. The number of rotatable bonds is 4. The average molecular weight is 405 g/mol. The molecule has 152 valence electrons. The fraction of sp³-hybridized carbons (Fsp3) is 0.571. The lowest BCUT2D eigenvalue weighted by molar-refractivity contribution is -0.130. The van der Waals surface area contributed by atoms with Gasteiger partial charge in [0.1, 0.15) is 0 Å². The van der Waals surface area contributed by atoms with E-state index in [-0.39, 0.29) is 17.9 Å². The smallest absolute Gasteiger partial charge is 0.338 e. The van der Waals surface area contributed by atoms with Crippen molar-refractivity contribution in [2.24, 2.45) is 11.8 Å². The third kappa shape index (κ3) is 4.87. The molecule has 1 aliphatic heterocycles. The maximum absolute atomic E-state index is 12.5. The number of hydrogen-bond donors (Lipinski definition) is 2. The summed E-state index contributed by atoms with van der Waals surface area (Å²) in [6, 6.07) is 5.21. The number of nitrogens with one attached hydrogen (secondary N) is 2.